The molecule has 3 heterocycles. The third kappa shape index (κ3) is 20.4. The summed E-state index contributed by atoms with van der Waals surface area (Å²) in [6.45, 7) is -3.37. The molecule has 4 unspecified atom stereocenters. The maximum absolute atomic E-state index is 14.1. The average Bonchev–Trinajstić information content (AvgIpc) is 3.89. The molecule has 0 aliphatic carbocycles. The van der Waals surface area contributed by atoms with Gasteiger partial charge in [0.15, 0.2) is 0 Å². The zero-order valence-corrected chi connectivity index (χ0v) is 38.1. The van der Waals surface area contributed by atoms with Crippen LogP contribution in [0.15, 0.2) is 0 Å². The van der Waals surface area contributed by atoms with Gasteiger partial charge in [0.05, 0.1) is 109 Å². The first-order chi connectivity index (χ1) is 30.0. The number of aliphatic hydroxyl groups excluding tert-OH is 2. The number of amides is 2. The number of phosphoric acid groups is 3. The molecule has 3 rings (SSSR count). The molecule has 24 nitrogen and oxygen atoms in total. The number of hydrogen-bond acceptors (Lipinski definition) is 21. The first-order valence-electron chi connectivity index (χ1n) is 20.3. The first kappa shape index (κ1) is 55.1. The predicted octanol–water partition coefficient (Wildman–Crippen LogP) is -2.37. The summed E-state index contributed by atoms with van der Waals surface area (Å²) in [6.07, 6.45) is -1.09. The van der Waals surface area contributed by atoms with Crippen molar-refractivity contribution in [3.8, 4) is 24.5 Å². The molecule has 3 saturated heterocycles. The van der Waals surface area contributed by atoms with E-state index in [2.05, 4.69) is 16.6 Å². The summed E-state index contributed by atoms with van der Waals surface area (Å²) in [5.41, 5.74) is 0. The van der Waals surface area contributed by atoms with Crippen LogP contribution in [0, 0.1) is 35.0 Å². The van der Waals surface area contributed by atoms with E-state index < -0.39 is 117 Å². The van der Waals surface area contributed by atoms with Crippen molar-refractivity contribution in [1.29, 1.82) is 10.5 Å². The molecule has 0 aromatic heterocycles. The van der Waals surface area contributed by atoms with Crippen LogP contribution in [0.5, 0.6) is 0 Å². The second-order valence-electron chi connectivity index (χ2n) is 14.6. The Balaban J connectivity index is 1.59. The highest BCUT2D eigenvalue weighted by Crippen LogP contribution is 2.56. The molecular formula is C33H56B3N4O20P3. The van der Waals surface area contributed by atoms with Crippen LogP contribution in [-0.2, 0) is 78.4 Å². The molecule has 63 heavy (non-hydrogen) atoms. The van der Waals surface area contributed by atoms with Crippen LogP contribution in [0.25, 0.3) is 0 Å². The fraction of sp³-hybridized carbons (Fsp3) is 0.818. The molecule has 13 atom stereocenters. The Labute approximate surface area is 368 Å². The van der Waals surface area contributed by atoms with Gasteiger partial charge in [-0.2, -0.15) is 10.5 Å². The van der Waals surface area contributed by atoms with Gasteiger partial charge >= 0.3 is 23.5 Å². The smallest absolute Gasteiger partial charge is 0.394 e. The number of nitrogens with zero attached hydrogens (tertiary/aromatic N) is 2. The summed E-state index contributed by atoms with van der Waals surface area (Å²) in [5.74, 6) is 1.30. The number of hydrogen-bond donors (Lipinski definition) is 5. The lowest BCUT2D eigenvalue weighted by Crippen LogP contribution is -2.42. The lowest BCUT2D eigenvalue weighted by atomic mass is 9.96. The van der Waals surface area contributed by atoms with E-state index in [4.69, 9.17) is 72.1 Å². The number of aliphatic hydroxyl groups is 2. The molecule has 0 aromatic rings. The highest BCUT2D eigenvalue weighted by Gasteiger charge is 2.46. The zero-order valence-electron chi connectivity index (χ0n) is 35.4. The Morgan fingerprint density at radius 3 is 1.75 bits per heavy atom. The number of nitriles is 2. The van der Waals surface area contributed by atoms with Gasteiger partial charge in [-0.3, -0.25) is 45.8 Å². The van der Waals surface area contributed by atoms with Gasteiger partial charge < -0.3 is 44.7 Å². The van der Waals surface area contributed by atoms with Gasteiger partial charge in [0, 0.05) is 31.0 Å². The second kappa shape index (κ2) is 28.1. The van der Waals surface area contributed by atoms with E-state index in [0.717, 1.165) is 0 Å². The van der Waals surface area contributed by atoms with Crippen molar-refractivity contribution in [2.75, 3.05) is 66.0 Å². The van der Waals surface area contributed by atoms with E-state index in [1.165, 1.54) is 0 Å². The van der Waals surface area contributed by atoms with E-state index in [1.807, 2.05) is 12.1 Å². The SMILES string of the molecule is B[C@H]1C[C@@H](OP(=O)(O)OCC(CO)NC(=O)CCNC(=O)CCOCC#C)[C@@H](COP(=O)(OCCC#N)O[C@@H]2C[C@H](B)O[C@@H]2COP(=O)(OCCC#N)O[C@@H]2C[C@H](B)O[C@@H]2CO)O1. The van der Waals surface area contributed by atoms with Gasteiger partial charge in [0.25, 0.3) is 0 Å². The number of nitrogens with one attached hydrogen (secondary N) is 2. The molecule has 0 aromatic carbocycles. The van der Waals surface area contributed by atoms with Gasteiger partial charge in [-0.1, -0.05) is 5.92 Å². The number of terminal acetylenes is 1. The van der Waals surface area contributed by atoms with Crippen LogP contribution < -0.4 is 10.6 Å². The van der Waals surface area contributed by atoms with Gasteiger partial charge in [-0.25, -0.2) is 13.7 Å². The Morgan fingerprint density at radius 2 is 1.25 bits per heavy atom. The molecular weight excluding hydrogens is 898 g/mol. The topological polar surface area (TPSA) is 328 Å². The van der Waals surface area contributed by atoms with Gasteiger partial charge in [-0.05, 0) is 19.3 Å². The molecule has 0 bridgehead atoms. The summed E-state index contributed by atoms with van der Waals surface area (Å²) in [6, 6.07) is 1.22. The van der Waals surface area contributed by atoms with Crippen molar-refractivity contribution in [1.82, 2.24) is 10.6 Å². The Hall–Kier alpha value is -2.24. The molecule has 0 saturated carbocycles. The molecule has 2 amide bonds. The van der Waals surface area contributed by atoms with Crippen molar-refractivity contribution in [2.24, 2.45) is 0 Å². The molecule has 0 spiro atoms. The van der Waals surface area contributed by atoms with Gasteiger partial charge in [0.1, 0.15) is 48.5 Å². The number of phosphoric ester groups is 3. The second-order valence-corrected chi connectivity index (χ2v) is 19.2. The van der Waals surface area contributed by atoms with Crippen LogP contribution in [0.2, 0.25) is 0 Å². The van der Waals surface area contributed by atoms with Crippen molar-refractivity contribution in [3.63, 3.8) is 0 Å². The molecule has 5 N–H and O–H groups in total. The minimum Gasteiger partial charge on any atom is -0.394 e. The lowest BCUT2D eigenvalue weighted by molar-refractivity contribution is -0.123. The summed E-state index contributed by atoms with van der Waals surface area (Å²) >= 11 is 0. The minimum atomic E-state index is -4.90. The Bertz CT molecular complexity index is 1730. The molecule has 352 valence electrons. The van der Waals surface area contributed by atoms with E-state index in [9.17, 15) is 38.4 Å². The number of carbonyl (C=O) groups excluding carboxylic acids is 2. The van der Waals surface area contributed by atoms with Crippen molar-refractivity contribution in [3.05, 3.63) is 0 Å². The maximum Gasteiger partial charge on any atom is 0.475 e. The summed E-state index contributed by atoms with van der Waals surface area (Å²) in [7, 11) is -8.84. The Kier molecular flexibility index (Phi) is 24.5. The quantitative estimate of drug-likeness (QED) is 0.0210. The van der Waals surface area contributed by atoms with E-state index >= 15 is 0 Å². The Morgan fingerprint density at radius 1 is 0.746 bits per heavy atom. The predicted molar refractivity (Wildman–Crippen MR) is 223 cm³/mol. The van der Waals surface area contributed by atoms with Crippen LogP contribution in [0.4, 0.5) is 0 Å². The fourth-order valence-corrected chi connectivity index (χ4v) is 10.1. The maximum atomic E-state index is 14.1. The molecule has 3 fully saturated rings. The molecule has 0 radical (unpaired) electrons. The van der Waals surface area contributed by atoms with Crippen LogP contribution in [0.3, 0.4) is 0 Å². The number of carbonyl (C=O) groups is 2. The number of rotatable bonds is 31. The third-order valence-corrected chi connectivity index (χ3v) is 13.2. The first-order valence-corrected chi connectivity index (χ1v) is 24.7. The van der Waals surface area contributed by atoms with Gasteiger partial charge in [0.2, 0.25) is 11.8 Å². The van der Waals surface area contributed by atoms with E-state index in [0.29, 0.717) is 0 Å². The van der Waals surface area contributed by atoms with Crippen molar-refractivity contribution < 1.29 is 93.5 Å². The van der Waals surface area contributed by atoms with Gasteiger partial charge in [-0.15, -0.1) is 6.42 Å². The van der Waals surface area contributed by atoms with Crippen LogP contribution in [-0.4, -0.2) is 177 Å². The van der Waals surface area contributed by atoms with Crippen LogP contribution in [0.1, 0.15) is 44.9 Å². The van der Waals surface area contributed by atoms with E-state index in [-0.39, 0.29) is 89.8 Å². The number of ether oxygens (including phenoxy) is 4. The lowest BCUT2D eigenvalue weighted by Gasteiger charge is -2.28. The minimum absolute atomic E-state index is 0.0317. The van der Waals surface area contributed by atoms with Crippen molar-refractivity contribution in [2.45, 2.75) is 106 Å². The largest absolute Gasteiger partial charge is 0.475 e. The fourth-order valence-electron chi connectivity index (χ4n) is 6.34. The summed E-state index contributed by atoms with van der Waals surface area (Å²) in [4.78, 5) is 34.8. The highest BCUT2D eigenvalue weighted by atomic mass is 31.2. The molecule has 3 aliphatic rings. The summed E-state index contributed by atoms with van der Waals surface area (Å²) in [5, 5.41) is 42.6. The molecule has 30 heteroatoms. The molecule has 3 aliphatic heterocycles. The van der Waals surface area contributed by atoms with Crippen LogP contribution >= 0.6 is 23.5 Å². The van der Waals surface area contributed by atoms with Crippen molar-refractivity contribution >= 4 is 58.8 Å². The average molecular weight is 954 g/mol. The normalized spacial score (nSPS) is 29.0. The van der Waals surface area contributed by atoms with E-state index in [1.54, 1.807) is 23.5 Å². The highest BCUT2D eigenvalue weighted by molar-refractivity contribution is 7.48. The zero-order chi connectivity index (χ0) is 46.5. The standard InChI is InChI=1S/C33H56B3N4O20P3/c1-2-10-49-13-6-32(43)39-9-5-33(44)40-22(17-41)19-52-61(45,46)58-24-15-30(35)56-27(24)20-53-63(48,51-12-4-8-38)60-25-16-31(36)57-28(25)21-54-62(47,50-11-3-7-37)59-23-14-29(34)55-26(23)18-42/h1,22-31,41-42H,3-6,9-21,34-36H2,(H,39,43)(H,40,44)(H,45,46)/t22?,23-,24-,25-,26-,27-,28-,29-,30-,31-,62?,63?/m1/s1. The third-order valence-electron chi connectivity index (χ3n) is 9.21. The summed E-state index contributed by atoms with van der Waals surface area (Å²) < 4.78 is 107. The monoisotopic (exact) mass is 954 g/mol.